The molecule has 1 unspecified atom stereocenters. The van der Waals surface area contributed by atoms with Crippen LogP contribution in [0.25, 0.3) is 0 Å². The summed E-state index contributed by atoms with van der Waals surface area (Å²) in [6.45, 7) is 0. The Kier molecular flexibility index (Phi) is 3.37. The Morgan fingerprint density at radius 1 is 1.29 bits per heavy atom. The van der Waals surface area contributed by atoms with E-state index in [2.05, 4.69) is 0 Å². The normalized spacial score (nSPS) is 19.0. The van der Waals surface area contributed by atoms with Crippen LogP contribution in [0.3, 0.4) is 0 Å². The molecule has 1 aliphatic carbocycles. The molecule has 0 N–H and O–H groups in total. The number of rotatable bonds is 3. The van der Waals surface area contributed by atoms with Crippen LogP contribution in [0.15, 0.2) is 29.2 Å². The fourth-order valence-corrected chi connectivity index (χ4v) is 3.22. The van der Waals surface area contributed by atoms with Crippen molar-refractivity contribution in [3.63, 3.8) is 0 Å². The topological polar surface area (TPSA) is 23.1 Å². The van der Waals surface area contributed by atoms with E-state index in [0.717, 1.165) is 23.3 Å². The standard InChI is InChI=1S/C11H13ClOS/c12-8-9-4-6-11(7-5-9)14(13)10-2-1-3-10/h4-7,10H,1-3,8H2. The number of halogens is 1. The average molecular weight is 229 g/mol. The summed E-state index contributed by atoms with van der Waals surface area (Å²) < 4.78 is 11.9. The third-order valence-corrected chi connectivity index (χ3v) is 4.79. The lowest BCUT2D eigenvalue weighted by Gasteiger charge is -2.27. The molecule has 76 valence electrons. The van der Waals surface area contributed by atoms with Crippen LogP contribution < -0.4 is 0 Å². The molecule has 1 aromatic rings. The highest BCUT2D eigenvalue weighted by Gasteiger charge is 2.30. The first kappa shape index (κ1) is 10.3. The lowest BCUT2D eigenvalue weighted by Crippen LogP contribution is -2.28. The van der Waals surface area contributed by atoms with Gasteiger partial charge in [-0.2, -0.15) is 0 Å². The van der Waals surface area contributed by atoms with Gasteiger partial charge in [0.25, 0.3) is 0 Å². The third-order valence-electron chi connectivity index (χ3n) is 2.66. The molecule has 1 saturated carbocycles. The van der Waals surface area contributed by atoms with Crippen LogP contribution in [0.1, 0.15) is 24.8 Å². The monoisotopic (exact) mass is 228 g/mol. The van der Waals surface area contributed by atoms with E-state index in [9.17, 15) is 4.55 Å². The summed E-state index contributed by atoms with van der Waals surface area (Å²) >= 11 is 4.89. The van der Waals surface area contributed by atoms with E-state index in [1.165, 1.54) is 6.42 Å². The first-order valence-electron chi connectivity index (χ1n) is 4.87. The smallest absolute Gasteiger partial charge is 0.152 e. The van der Waals surface area contributed by atoms with Gasteiger partial charge in [-0.1, -0.05) is 12.1 Å². The van der Waals surface area contributed by atoms with Crippen LogP contribution in [0.5, 0.6) is 0 Å². The summed E-state index contributed by atoms with van der Waals surface area (Å²) in [7, 11) is 0. The summed E-state index contributed by atoms with van der Waals surface area (Å²) in [4.78, 5) is 0.948. The van der Waals surface area contributed by atoms with Gasteiger partial charge >= 0.3 is 0 Å². The summed E-state index contributed by atoms with van der Waals surface area (Å²) in [5.74, 6) is 0.524. The Morgan fingerprint density at radius 2 is 1.93 bits per heavy atom. The van der Waals surface area contributed by atoms with Gasteiger partial charge in [-0.05, 0) is 48.1 Å². The van der Waals surface area contributed by atoms with Crippen LogP contribution in [-0.2, 0) is 17.1 Å². The highest BCUT2D eigenvalue weighted by atomic mass is 35.5. The largest absolute Gasteiger partial charge is 0.611 e. The van der Waals surface area contributed by atoms with Crippen molar-refractivity contribution in [3.05, 3.63) is 29.8 Å². The SMILES string of the molecule is [O-][S+](c1ccc(CCl)cc1)C1CCC1. The zero-order valence-electron chi connectivity index (χ0n) is 7.91. The predicted molar refractivity (Wildman–Crippen MR) is 60.0 cm³/mol. The maximum Gasteiger partial charge on any atom is 0.152 e. The van der Waals surface area contributed by atoms with Crippen molar-refractivity contribution in [2.45, 2.75) is 35.3 Å². The van der Waals surface area contributed by atoms with Gasteiger partial charge in [-0.15, -0.1) is 11.6 Å². The molecule has 0 bridgehead atoms. The highest BCUT2D eigenvalue weighted by molar-refractivity contribution is 7.92. The number of hydrogen-bond donors (Lipinski definition) is 0. The zero-order chi connectivity index (χ0) is 9.97. The lowest BCUT2D eigenvalue weighted by molar-refractivity contribution is 0.476. The lowest BCUT2D eigenvalue weighted by atomic mass is 10.00. The van der Waals surface area contributed by atoms with Crippen molar-refractivity contribution in [3.8, 4) is 0 Å². The van der Waals surface area contributed by atoms with Crippen LogP contribution in [-0.4, -0.2) is 9.80 Å². The summed E-state index contributed by atoms with van der Waals surface area (Å²) in [5, 5.41) is 0.400. The minimum atomic E-state index is -0.795. The van der Waals surface area contributed by atoms with Crippen molar-refractivity contribution in [2.75, 3.05) is 0 Å². The van der Waals surface area contributed by atoms with Crippen LogP contribution >= 0.6 is 11.6 Å². The molecule has 1 aromatic carbocycles. The molecule has 0 saturated heterocycles. The molecule has 1 atom stereocenters. The Balaban J connectivity index is 2.07. The van der Waals surface area contributed by atoms with Gasteiger partial charge in [0.05, 0.1) is 0 Å². The molecule has 0 radical (unpaired) electrons. The van der Waals surface area contributed by atoms with E-state index in [0.29, 0.717) is 11.1 Å². The molecule has 1 fully saturated rings. The summed E-state index contributed by atoms with van der Waals surface area (Å²) in [6.07, 6.45) is 3.46. The molecule has 1 aliphatic rings. The maximum atomic E-state index is 11.9. The minimum Gasteiger partial charge on any atom is -0.611 e. The van der Waals surface area contributed by atoms with E-state index in [4.69, 9.17) is 11.6 Å². The van der Waals surface area contributed by atoms with Crippen molar-refractivity contribution in [1.29, 1.82) is 0 Å². The molecule has 0 spiro atoms. The fourth-order valence-electron chi connectivity index (χ4n) is 1.49. The zero-order valence-corrected chi connectivity index (χ0v) is 9.48. The first-order chi connectivity index (χ1) is 6.81. The van der Waals surface area contributed by atoms with Gasteiger partial charge in [-0.25, -0.2) is 0 Å². The van der Waals surface area contributed by atoms with Gasteiger partial charge in [0, 0.05) is 5.88 Å². The van der Waals surface area contributed by atoms with Gasteiger partial charge in [0.2, 0.25) is 0 Å². The van der Waals surface area contributed by atoms with Gasteiger partial charge < -0.3 is 4.55 Å². The molecular formula is C11H13ClOS. The fraction of sp³-hybridized carbons (Fsp3) is 0.455. The van der Waals surface area contributed by atoms with Crippen molar-refractivity contribution in [2.24, 2.45) is 0 Å². The van der Waals surface area contributed by atoms with Crippen LogP contribution in [0.4, 0.5) is 0 Å². The van der Waals surface area contributed by atoms with Gasteiger partial charge in [0.15, 0.2) is 4.90 Å². The molecule has 0 amide bonds. The molecule has 14 heavy (non-hydrogen) atoms. The van der Waals surface area contributed by atoms with E-state index in [1.807, 2.05) is 24.3 Å². The Bertz CT molecular complexity index is 295. The Hall–Kier alpha value is -0.180. The number of benzene rings is 1. The molecule has 0 aliphatic heterocycles. The van der Waals surface area contributed by atoms with Crippen LogP contribution in [0.2, 0.25) is 0 Å². The molecule has 3 heteroatoms. The van der Waals surface area contributed by atoms with Crippen molar-refractivity contribution >= 4 is 22.8 Å². The molecule has 0 aromatic heterocycles. The predicted octanol–water partition coefficient (Wildman–Crippen LogP) is 3.09. The van der Waals surface area contributed by atoms with E-state index < -0.39 is 11.2 Å². The van der Waals surface area contributed by atoms with Gasteiger partial charge in [-0.3, -0.25) is 0 Å². The molecule has 2 rings (SSSR count). The molecule has 0 heterocycles. The summed E-state index contributed by atoms with van der Waals surface area (Å²) in [5.41, 5.74) is 1.08. The van der Waals surface area contributed by atoms with E-state index in [-0.39, 0.29) is 0 Å². The first-order valence-corrected chi connectivity index (χ1v) is 6.61. The summed E-state index contributed by atoms with van der Waals surface area (Å²) in [6, 6.07) is 7.79. The maximum absolute atomic E-state index is 11.9. The second kappa shape index (κ2) is 4.56. The Morgan fingerprint density at radius 3 is 2.36 bits per heavy atom. The van der Waals surface area contributed by atoms with Crippen LogP contribution in [0, 0.1) is 0 Å². The average Bonchev–Trinajstić information content (AvgIpc) is 2.15. The van der Waals surface area contributed by atoms with E-state index >= 15 is 0 Å². The highest BCUT2D eigenvalue weighted by Crippen LogP contribution is 2.31. The minimum absolute atomic E-state index is 0.400. The third kappa shape index (κ3) is 2.08. The van der Waals surface area contributed by atoms with Gasteiger partial charge in [0.1, 0.15) is 5.25 Å². The van der Waals surface area contributed by atoms with E-state index in [1.54, 1.807) is 0 Å². The Labute approximate surface area is 92.6 Å². The van der Waals surface area contributed by atoms with Crippen molar-refractivity contribution < 1.29 is 4.55 Å². The quantitative estimate of drug-likeness (QED) is 0.576. The number of alkyl halides is 1. The van der Waals surface area contributed by atoms with Crippen molar-refractivity contribution in [1.82, 2.24) is 0 Å². The number of hydrogen-bond acceptors (Lipinski definition) is 1. The molecule has 1 nitrogen and oxygen atoms in total. The molecular weight excluding hydrogens is 216 g/mol. The second-order valence-electron chi connectivity index (χ2n) is 3.63. The second-order valence-corrected chi connectivity index (χ2v) is 5.63.